The average Bonchev–Trinajstić information content (AvgIpc) is 2.85. The normalized spacial score (nSPS) is 17.2. The maximum atomic E-state index is 12.7. The zero-order valence-corrected chi connectivity index (χ0v) is 22.4. The number of carbonyl (C=O) groups is 2. The molecule has 1 saturated carbocycles. The standard InChI is InChI=1S/C25H31Cl2N5O4/c1-6-21(34)30-17-9-7-8-10-18(17)31-25-28-12-16(14(2)29-25)13-32(15(3)33)24-22(26)19(35-4)11-20(36-5)23(24)27/h6,11-12,17-18H,1,7-10,13H2,2-5H3,(H,30,34)(H,28,29,31)/t17-,18+/m0/s1. The Balaban J connectivity index is 1.86. The number of rotatable bonds is 9. The van der Waals surface area contributed by atoms with Crippen molar-refractivity contribution in [3.63, 3.8) is 0 Å². The van der Waals surface area contributed by atoms with E-state index in [4.69, 9.17) is 32.7 Å². The van der Waals surface area contributed by atoms with E-state index in [0.717, 1.165) is 25.7 Å². The van der Waals surface area contributed by atoms with E-state index in [2.05, 4.69) is 27.2 Å². The van der Waals surface area contributed by atoms with Crippen molar-refractivity contribution in [2.45, 2.75) is 58.2 Å². The van der Waals surface area contributed by atoms with Crippen molar-refractivity contribution in [2.75, 3.05) is 24.4 Å². The fraction of sp³-hybridized carbons (Fsp3) is 0.440. The number of halogens is 2. The SMILES string of the molecule is C=CC(=O)N[C@H]1CCCC[C@H]1Nc1ncc(CN(C(C)=O)c2c(Cl)c(OC)cc(OC)c2Cl)c(C)n1. The maximum absolute atomic E-state index is 12.7. The second-order valence-corrected chi connectivity index (χ2v) is 9.28. The van der Waals surface area contributed by atoms with Gasteiger partial charge in [0.05, 0.1) is 26.5 Å². The summed E-state index contributed by atoms with van der Waals surface area (Å²) in [5.41, 5.74) is 1.68. The van der Waals surface area contributed by atoms with Crippen molar-refractivity contribution in [3.8, 4) is 11.5 Å². The Hall–Kier alpha value is -3.04. The second-order valence-electron chi connectivity index (χ2n) is 8.52. The third-order valence-electron chi connectivity index (χ3n) is 6.20. The zero-order valence-electron chi connectivity index (χ0n) is 20.9. The first-order valence-corrected chi connectivity index (χ1v) is 12.4. The molecular formula is C25H31Cl2N5O4. The molecule has 0 saturated heterocycles. The molecule has 9 nitrogen and oxygen atoms in total. The number of benzene rings is 1. The van der Waals surface area contributed by atoms with E-state index in [9.17, 15) is 9.59 Å². The summed E-state index contributed by atoms with van der Waals surface area (Å²) in [6, 6.07) is 1.54. The maximum Gasteiger partial charge on any atom is 0.243 e. The molecule has 1 heterocycles. The van der Waals surface area contributed by atoms with Crippen LogP contribution in [0.15, 0.2) is 24.9 Å². The molecule has 0 aliphatic heterocycles. The summed E-state index contributed by atoms with van der Waals surface area (Å²) in [5.74, 6) is 0.639. The Bertz CT molecular complexity index is 1120. The van der Waals surface area contributed by atoms with E-state index in [1.165, 1.54) is 32.1 Å². The molecule has 2 atom stereocenters. The van der Waals surface area contributed by atoms with Gasteiger partial charge in [-0.05, 0) is 25.8 Å². The van der Waals surface area contributed by atoms with Crippen LogP contribution < -0.4 is 25.0 Å². The number of aromatic nitrogens is 2. The number of methoxy groups -OCH3 is 2. The van der Waals surface area contributed by atoms with Crippen LogP contribution in [-0.2, 0) is 16.1 Å². The molecule has 1 aliphatic rings. The Morgan fingerprint density at radius 2 is 1.78 bits per heavy atom. The van der Waals surface area contributed by atoms with Gasteiger partial charge in [-0.15, -0.1) is 0 Å². The van der Waals surface area contributed by atoms with Crippen molar-refractivity contribution >= 4 is 46.7 Å². The molecule has 0 bridgehead atoms. The van der Waals surface area contributed by atoms with E-state index >= 15 is 0 Å². The van der Waals surface area contributed by atoms with Gasteiger partial charge in [0.1, 0.15) is 21.5 Å². The highest BCUT2D eigenvalue weighted by Crippen LogP contribution is 2.46. The second kappa shape index (κ2) is 12.3. The van der Waals surface area contributed by atoms with Gasteiger partial charge in [-0.2, -0.15) is 0 Å². The first-order chi connectivity index (χ1) is 17.2. The molecule has 2 aromatic rings. The van der Waals surface area contributed by atoms with Crippen molar-refractivity contribution in [1.29, 1.82) is 0 Å². The van der Waals surface area contributed by atoms with E-state index in [-0.39, 0.29) is 46.2 Å². The van der Waals surface area contributed by atoms with Gasteiger partial charge in [0.15, 0.2) is 0 Å². The highest BCUT2D eigenvalue weighted by Gasteiger charge is 2.28. The number of nitrogens with one attached hydrogen (secondary N) is 2. The van der Waals surface area contributed by atoms with Crippen LogP contribution in [0.4, 0.5) is 11.6 Å². The fourth-order valence-corrected chi connectivity index (χ4v) is 4.93. The quantitative estimate of drug-likeness (QED) is 0.448. The van der Waals surface area contributed by atoms with E-state index in [1.807, 2.05) is 6.92 Å². The number of anilines is 2. The number of amides is 2. The minimum Gasteiger partial charge on any atom is -0.495 e. The van der Waals surface area contributed by atoms with Crippen molar-refractivity contribution in [1.82, 2.24) is 15.3 Å². The van der Waals surface area contributed by atoms with Gasteiger partial charge in [-0.3, -0.25) is 9.59 Å². The summed E-state index contributed by atoms with van der Waals surface area (Å²) < 4.78 is 10.7. The van der Waals surface area contributed by atoms with Crippen LogP contribution in [0.25, 0.3) is 0 Å². The van der Waals surface area contributed by atoms with Gasteiger partial charge < -0.3 is 25.0 Å². The molecule has 36 heavy (non-hydrogen) atoms. The number of ether oxygens (including phenoxy) is 2. The minimum atomic E-state index is -0.279. The summed E-state index contributed by atoms with van der Waals surface area (Å²) >= 11 is 13.1. The summed E-state index contributed by atoms with van der Waals surface area (Å²) in [7, 11) is 2.94. The number of hydrogen-bond donors (Lipinski definition) is 2. The molecular weight excluding hydrogens is 505 g/mol. The Labute approximate surface area is 221 Å². The van der Waals surface area contributed by atoms with E-state index < -0.39 is 0 Å². The Kier molecular flexibility index (Phi) is 9.39. The lowest BCUT2D eigenvalue weighted by Gasteiger charge is -2.32. The molecule has 0 unspecified atom stereocenters. The number of aryl methyl sites for hydroxylation is 1. The molecule has 2 N–H and O–H groups in total. The summed E-state index contributed by atoms with van der Waals surface area (Å²) in [5, 5.41) is 6.73. The van der Waals surface area contributed by atoms with Gasteiger partial charge in [0.25, 0.3) is 0 Å². The first kappa shape index (κ1) is 27.5. The zero-order chi connectivity index (χ0) is 26.4. The topological polar surface area (TPSA) is 106 Å². The molecule has 194 valence electrons. The smallest absolute Gasteiger partial charge is 0.243 e. The van der Waals surface area contributed by atoms with Crippen LogP contribution in [-0.4, -0.2) is 48.1 Å². The highest BCUT2D eigenvalue weighted by atomic mass is 35.5. The van der Waals surface area contributed by atoms with Crippen LogP contribution >= 0.6 is 23.2 Å². The lowest BCUT2D eigenvalue weighted by molar-refractivity contribution is -0.118. The predicted molar refractivity (Wildman–Crippen MR) is 141 cm³/mol. The van der Waals surface area contributed by atoms with Gasteiger partial charge in [-0.1, -0.05) is 42.6 Å². The monoisotopic (exact) mass is 535 g/mol. The van der Waals surface area contributed by atoms with Crippen LogP contribution in [0.3, 0.4) is 0 Å². The minimum absolute atomic E-state index is 0.00322. The molecule has 1 aromatic heterocycles. The molecule has 0 radical (unpaired) electrons. The van der Waals surface area contributed by atoms with Gasteiger partial charge in [0.2, 0.25) is 17.8 Å². The van der Waals surface area contributed by atoms with Crippen molar-refractivity contribution < 1.29 is 19.1 Å². The van der Waals surface area contributed by atoms with Gasteiger partial charge in [0, 0.05) is 42.5 Å². The molecule has 11 heteroatoms. The van der Waals surface area contributed by atoms with Crippen molar-refractivity contribution in [2.24, 2.45) is 0 Å². The largest absolute Gasteiger partial charge is 0.495 e. The average molecular weight is 536 g/mol. The Morgan fingerprint density at radius 1 is 1.17 bits per heavy atom. The predicted octanol–water partition coefficient (Wildman–Crippen LogP) is 4.69. The number of hydrogen-bond acceptors (Lipinski definition) is 7. The number of carbonyl (C=O) groups excluding carboxylic acids is 2. The molecule has 1 aromatic carbocycles. The third kappa shape index (κ3) is 6.20. The highest BCUT2D eigenvalue weighted by molar-refractivity contribution is 6.41. The molecule has 1 aliphatic carbocycles. The first-order valence-electron chi connectivity index (χ1n) is 11.6. The fourth-order valence-electron chi connectivity index (χ4n) is 4.23. The summed E-state index contributed by atoms with van der Waals surface area (Å²) in [6.07, 6.45) is 6.79. The molecule has 1 fully saturated rings. The Morgan fingerprint density at radius 3 is 2.31 bits per heavy atom. The van der Waals surface area contributed by atoms with Gasteiger partial charge in [-0.25, -0.2) is 9.97 Å². The summed E-state index contributed by atoms with van der Waals surface area (Å²) in [6.45, 7) is 6.93. The van der Waals surface area contributed by atoms with E-state index in [1.54, 1.807) is 12.3 Å². The molecule has 3 rings (SSSR count). The van der Waals surface area contributed by atoms with Crippen molar-refractivity contribution in [3.05, 3.63) is 46.2 Å². The van der Waals surface area contributed by atoms with Crippen LogP contribution in [0, 0.1) is 6.92 Å². The molecule has 2 amide bonds. The third-order valence-corrected chi connectivity index (χ3v) is 6.93. The van der Waals surface area contributed by atoms with Crippen LogP contribution in [0.5, 0.6) is 11.5 Å². The lowest BCUT2D eigenvalue weighted by Crippen LogP contribution is -2.48. The molecule has 0 spiro atoms. The van der Waals surface area contributed by atoms with Gasteiger partial charge >= 0.3 is 0 Å². The summed E-state index contributed by atoms with van der Waals surface area (Å²) in [4.78, 5) is 35.0. The van der Waals surface area contributed by atoms with Crippen LogP contribution in [0.1, 0.15) is 43.9 Å². The van der Waals surface area contributed by atoms with E-state index in [0.29, 0.717) is 28.7 Å². The van der Waals surface area contributed by atoms with Crippen LogP contribution in [0.2, 0.25) is 10.0 Å². The number of nitrogens with zero attached hydrogens (tertiary/aromatic N) is 3. The lowest BCUT2D eigenvalue weighted by atomic mass is 9.90.